The van der Waals surface area contributed by atoms with Gasteiger partial charge in [-0.1, -0.05) is 25.0 Å². The Morgan fingerprint density at radius 3 is 2.37 bits per heavy atom. The number of amides is 1. The number of likely N-dealkylation sites (tertiary alicyclic amines) is 2. The molecule has 3 aliphatic heterocycles. The smallest absolute Gasteiger partial charge is 0.244 e. The van der Waals surface area contributed by atoms with Crippen molar-refractivity contribution in [3.05, 3.63) is 24.3 Å². The Bertz CT molecular complexity index is 795. The van der Waals surface area contributed by atoms with E-state index in [4.69, 9.17) is 0 Å². The van der Waals surface area contributed by atoms with E-state index in [9.17, 15) is 13.2 Å². The summed E-state index contributed by atoms with van der Waals surface area (Å²) >= 11 is 0. The van der Waals surface area contributed by atoms with Gasteiger partial charge in [-0.3, -0.25) is 9.69 Å². The largest absolute Gasteiger partial charge is 0.365 e. The molecular formula is C19H28N4O3S. The third-order valence-electron chi connectivity index (χ3n) is 5.91. The average molecular weight is 393 g/mol. The van der Waals surface area contributed by atoms with Gasteiger partial charge in [-0.25, -0.2) is 8.42 Å². The van der Waals surface area contributed by atoms with Gasteiger partial charge in [0.2, 0.25) is 15.9 Å². The van der Waals surface area contributed by atoms with Crippen LogP contribution < -0.4 is 10.0 Å². The molecule has 1 aromatic rings. The average Bonchev–Trinajstić information content (AvgIpc) is 2.90. The molecular weight excluding hydrogens is 364 g/mol. The number of nitrogens with zero attached hydrogens (tertiary/aromatic N) is 2. The van der Waals surface area contributed by atoms with Gasteiger partial charge in [-0.2, -0.15) is 4.72 Å². The lowest BCUT2D eigenvalue weighted by Crippen LogP contribution is -2.62. The number of carbonyl (C=O) groups excluding carboxylic acids is 1. The van der Waals surface area contributed by atoms with Crippen molar-refractivity contribution in [1.82, 2.24) is 14.5 Å². The van der Waals surface area contributed by atoms with Gasteiger partial charge < -0.3 is 10.2 Å². The number of hydrogen-bond donors (Lipinski definition) is 2. The Morgan fingerprint density at radius 2 is 1.67 bits per heavy atom. The van der Waals surface area contributed by atoms with Crippen LogP contribution in [0.2, 0.25) is 0 Å². The van der Waals surface area contributed by atoms with E-state index in [2.05, 4.69) is 14.9 Å². The summed E-state index contributed by atoms with van der Waals surface area (Å²) in [4.78, 5) is 17.1. The van der Waals surface area contributed by atoms with Crippen LogP contribution >= 0.6 is 0 Å². The van der Waals surface area contributed by atoms with Crippen molar-refractivity contribution in [3.63, 3.8) is 0 Å². The zero-order valence-corrected chi connectivity index (χ0v) is 16.4. The molecule has 3 heterocycles. The second kappa shape index (κ2) is 7.41. The molecule has 1 aromatic carbocycles. The third-order valence-corrected chi connectivity index (χ3v) is 7.50. The first-order valence-corrected chi connectivity index (χ1v) is 11.4. The number of rotatable bonds is 2. The van der Waals surface area contributed by atoms with Gasteiger partial charge >= 0.3 is 0 Å². The number of para-hydroxylation sites is 1. The highest BCUT2D eigenvalue weighted by Crippen LogP contribution is 2.34. The van der Waals surface area contributed by atoms with Crippen LogP contribution in [0.3, 0.4) is 0 Å². The monoisotopic (exact) mass is 392 g/mol. The van der Waals surface area contributed by atoms with Crippen LogP contribution in [-0.2, 0) is 14.8 Å². The minimum Gasteiger partial charge on any atom is -0.365 e. The third kappa shape index (κ3) is 3.97. The van der Waals surface area contributed by atoms with Gasteiger partial charge in [0.05, 0.1) is 12.2 Å². The maximum atomic E-state index is 12.7. The van der Waals surface area contributed by atoms with Crippen molar-refractivity contribution in [2.75, 3.05) is 38.0 Å². The Balaban J connectivity index is 1.39. The van der Waals surface area contributed by atoms with E-state index in [1.54, 1.807) is 18.2 Å². The molecule has 1 amide bonds. The molecule has 0 radical (unpaired) electrons. The van der Waals surface area contributed by atoms with Crippen molar-refractivity contribution >= 4 is 21.6 Å². The molecule has 0 aliphatic carbocycles. The van der Waals surface area contributed by atoms with E-state index in [0.717, 1.165) is 13.1 Å². The van der Waals surface area contributed by atoms with Crippen molar-refractivity contribution in [3.8, 4) is 0 Å². The predicted molar refractivity (Wildman–Crippen MR) is 104 cm³/mol. The molecule has 2 saturated heterocycles. The van der Waals surface area contributed by atoms with E-state index >= 15 is 0 Å². The van der Waals surface area contributed by atoms with Crippen LogP contribution in [0, 0.1) is 0 Å². The maximum Gasteiger partial charge on any atom is 0.244 e. The SMILES string of the molecule is O=C(CN1CCCCCC1)N1CCC2(CC1)Nc1ccccc1S(=O)(=O)N2. The standard InChI is InChI=1S/C19H28N4O3S/c24-18(15-22-11-5-1-2-6-12-22)23-13-9-19(10-14-23)20-16-7-3-4-8-17(16)27(25,26)21-19/h3-4,7-8,20-21H,1-2,5-6,9-15H2. The number of carbonyl (C=O) groups is 1. The molecule has 8 heteroatoms. The van der Waals surface area contributed by atoms with Crippen LogP contribution in [0.5, 0.6) is 0 Å². The Hall–Kier alpha value is -1.64. The van der Waals surface area contributed by atoms with E-state index < -0.39 is 15.7 Å². The van der Waals surface area contributed by atoms with Gasteiger partial charge in [0, 0.05) is 25.9 Å². The predicted octanol–water partition coefficient (Wildman–Crippen LogP) is 1.59. The topological polar surface area (TPSA) is 81.8 Å². The number of anilines is 1. The summed E-state index contributed by atoms with van der Waals surface area (Å²) in [6.07, 6.45) is 5.97. The summed E-state index contributed by atoms with van der Waals surface area (Å²) in [5.74, 6) is 0.158. The molecule has 0 aromatic heterocycles. The highest BCUT2D eigenvalue weighted by atomic mass is 32.2. The van der Waals surface area contributed by atoms with Crippen molar-refractivity contribution in [2.45, 2.75) is 49.1 Å². The highest BCUT2D eigenvalue weighted by Gasteiger charge is 2.43. The molecule has 27 heavy (non-hydrogen) atoms. The Labute approximate surface area is 161 Å². The molecule has 2 fully saturated rings. The molecule has 2 N–H and O–H groups in total. The quantitative estimate of drug-likeness (QED) is 0.799. The number of nitrogens with one attached hydrogen (secondary N) is 2. The molecule has 0 bridgehead atoms. The zero-order chi connectivity index (χ0) is 18.9. The summed E-state index contributed by atoms with van der Waals surface area (Å²) < 4.78 is 28.1. The van der Waals surface area contributed by atoms with Crippen LogP contribution in [-0.4, -0.2) is 62.5 Å². The lowest BCUT2D eigenvalue weighted by molar-refractivity contribution is -0.133. The van der Waals surface area contributed by atoms with E-state index in [1.807, 2.05) is 11.0 Å². The summed E-state index contributed by atoms with van der Waals surface area (Å²) in [5.41, 5.74) is -0.0624. The van der Waals surface area contributed by atoms with Crippen LogP contribution in [0.4, 0.5) is 5.69 Å². The fourth-order valence-electron chi connectivity index (χ4n) is 4.35. The van der Waals surface area contributed by atoms with Gasteiger partial charge in [0.15, 0.2) is 0 Å². The normalized spacial score (nSPS) is 24.7. The lowest BCUT2D eigenvalue weighted by Gasteiger charge is -2.45. The summed E-state index contributed by atoms with van der Waals surface area (Å²) in [7, 11) is -3.54. The van der Waals surface area contributed by atoms with Crippen molar-refractivity contribution in [1.29, 1.82) is 0 Å². The molecule has 1 spiro atoms. The van der Waals surface area contributed by atoms with Crippen LogP contribution in [0.15, 0.2) is 29.2 Å². The van der Waals surface area contributed by atoms with Crippen molar-refractivity contribution < 1.29 is 13.2 Å². The van der Waals surface area contributed by atoms with E-state index in [0.29, 0.717) is 38.2 Å². The second-order valence-electron chi connectivity index (χ2n) is 7.88. The Morgan fingerprint density at radius 1 is 1.00 bits per heavy atom. The van der Waals surface area contributed by atoms with E-state index in [1.165, 1.54) is 25.7 Å². The molecule has 0 saturated carbocycles. The molecule has 0 unspecified atom stereocenters. The molecule has 148 valence electrons. The fraction of sp³-hybridized carbons (Fsp3) is 0.632. The molecule has 4 rings (SSSR count). The van der Waals surface area contributed by atoms with Gasteiger partial charge in [-0.15, -0.1) is 0 Å². The number of fused-ring (bicyclic) bond motifs is 1. The lowest BCUT2D eigenvalue weighted by atomic mass is 9.97. The summed E-state index contributed by atoms with van der Waals surface area (Å²) in [6.45, 7) is 3.60. The number of piperidine rings is 1. The summed E-state index contributed by atoms with van der Waals surface area (Å²) in [5, 5.41) is 3.38. The Kier molecular flexibility index (Phi) is 5.13. The van der Waals surface area contributed by atoms with Gasteiger partial charge in [-0.05, 0) is 38.1 Å². The number of benzene rings is 1. The zero-order valence-electron chi connectivity index (χ0n) is 15.6. The molecule has 3 aliphatic rings. The van der Waals surface area contributed by atoms with Gasteiger partial charge in [0.1, 0.15) is 10.6 Å². The van der Waals surface area contributed by atoms with E-state index in [-0.39, 0.29) is 10.8 Å². The first-order valence-electron chi connectivity index (χ1n) is 9.89. The molecule has 0 atom stereocenters. The van der Waals surface area contributed by atoms with Crippen molar-refractivity contribution in [2.24, 2.45) is 0 Å². The first kappa shape index (κ1) is 18.7. The molecule has 7 nitrogen and oxygen atoms in total. The number of sulfonamides is 1. The van der Waals surface area contributed by atoms with Crippen LogP contribution in [0.25, 0.3) is 0 Å². The maximum absolute atomic E-state index is 12.7. The van der Waals surface area contributed by atoms with Gasteiger partial charge in [0.25, 0.3) is 0 Å². The minimum absolute atomic E-state index is 0.158. The minimum atomic E-state index is -3.54. The van der Waals surface area contributed by atoms with Crippen LogP contribution in [0.1, 0.15) is 38.5 Å². The number of hydrogen-bond acceptors (Lipinski definition) is 5. The second-order valence-corrected chi connectivity index (χ2v) is 9.53. The first-order chi connectivity index (χ1) is 13.0. The highest BCUT2D eigenvalue weighted by molar-refractivity contribution is 7.89. The summed E-state index contributed by atoms with van der Waals surface area (Å²) in [6, 6.07) is 6.96. The fourth-order valence-corrected chi connectivity index (χ4v) is 5.90.